The van der Waals surface area contributed by atoms with E-state index < -0.39 is 8.80 Å². The van der Waals surface area contributed by atoms with Crippen molar-refractivity contribution in [3.63, 3.8) is 0 Å². The molecular weight excluding hydrogens is 254 g/mol. The molecule has 0 aromatic heterocycles. The summed E-state index contributed by atoms with van der Waals surface area (Å²) < 4.78 is 17.2. The van der Waals surface area contributed by atoms with Crippen molar-refractivity contribution in [2.75, 3.05) is 19.8 Å². The first-order valence-corrected chi connectivity index (χ1v) is 9.46. The molecule has 0 radical (unpaired) electrons. The summed E-state index contributed by atoms with van der Waals surface area (Å²) in [6, 6.07) is 2.27. The molecule has 0 atom stereocenters. The van der Waals surface area contributed by atoms with Crippen LogP contribution in [0.4, 0.5) is 0 Å². The smallest absolute Gasteiger partial charge is 0.374 e. The molecule has 0 aromatic rings. The van der Waals surface area contributed by atoms with Crippen LogP contribution in [-0.4, -0.2) is 44.9 Å². The van der Waals surface area contributed by atoms with Gasteiger partial charge in [0.05, 0.1) is 0 Å². The Hall–Kier alpha value is -0.306. The highest BCUT2D eigenvalue weighted by Crippen LogP contribution is 2.18. The molecule has 102 valence electrons. The summed E-state index contributed by atoms with van der Waals surface area (Å²) in [5.74, 6) is 0. The van der Waals surface area contributed by atoms with Gasteiger partial charge in [-0.1, -0.05) is 12.5 Å². The minimum absolute atomic E-state index is 0.688. The molecule has 0 rings (SSSR count). The lowest BCUT2D eigenvalue weighted by molar-refractivity contribution is 0.0712. The lowest BCUT2D eigenvalue weighted by atomic mass is 10.6. The van der Waals surface area contributed by atoms with E-state index in [1.807, 2.05) is 20.8 Å². The van der Waals surface area contributed by atoms with Gasteiger partial charge in [0.25, 0.3) is 0 Å². The Morgan fingerprint density at radius 1 is 1.12 bits per heavy atom. The van der Waals surface area contributed by atoms with Crippen molar-refractivity contribution in [2.45, 2.75) is 39.3 Å². The van der Waals surface area contributed by atoms with Crippen LogP contribution < -0.4 is 0 Å². The van der Waals surface area contributed by atoms with E-state index in [0.717, 1.165) is 12.1 Å². The van der Waals surface area contributed by atoms with Crippen molar-refractivity contribution in [1.82, 2.24) is 0 Å². The van der Waals surface area contributed by atoms with Crippen LogP contribution in [-0.2, 0) is 18.1 Å². The Morgan fingerprint density at radius 3 is 1.71 bits per heavy atom. The largest absolute Gasteiger partial charge is 0.500 e. The molecule has 0 unspecified atom stereocenters. The number of nitrogens with one attached hydrogen (secondary N) is 1. The first-order valence-electron chi connectivity index (χ1n) is 6.11. The van der Waals surface area contributed by atoms with Gasteiger partial charge in [-0.25, -0.2) is 10.2 Å². The molecule has 0 aromatic carbocycles. The molecule has 0 bridgehead atoms. The summed E-state index contributed by atoms with van der Waals surface area (Å²) in [7, 11) is -1.04. The van der Waals surface area contributed by atoms with Crippen molar-refractivity contribution >= 4 is 25.1 Å². The minimum atomic E-state index is -2.29. The fraction of sp³-hybridized carbons (Fsp3) is 0.900. The number of carbonyl (C=O) groups excluding carboxylic acids is 1. The average Bonchev–Trinajstić information content (AvgIpc) is 2.29. The summed E-state index contributed by atoms with van der Waals surface area (Å²) in [5, 5.41) is 5.40. The Labute approximate surface area is 108 Å². The van der Waals surface area contributed by atoms with Gasteiger partial charge in [0.1, 0.15) is 0 Å². The fourth-order valence-corrected chi connectivity index (χ4v) is 5.24. The van der Waals surface area contributed by atoms with Gasteiger partial charge in [-0.3, -0.25) is 0 Å². The molecule has 0 amide bonds. The highest BCUT2D eigenvalue weighted by Gasteiger charge is 2.39. The predicted molar refractivity (Wildman–Crippen MR) is 73.2 cm³/mol. The second kappa shape index (κ2) is 13.8. The van der Waals surface area contributed by atoms with Crippen molar-refractivity contribution < 1.29 is 18.1 Å². The summed E-state index contributed by atoms with van der Waals surface area (Å²) >= 11 is 0. The molecule has 0 aliphatic heterocycles. The van der Waals surface area contributed by atoms with Crippen molar-refractivity contribution in [1.29, 1.82) is 5.41 Å². The van der Waals surface area contributed by atoms with Gasteiger partial charge in [0.15, 0.2) is 0 Å². The molecule has 0 aliphatic carbocycles. The normalized spacial score (nSPS) is 10.5. The van der Waals surface area contributed by atoms with Crippen molar-refractivity contribution in [3.05, 3.63) is 0 Å². The average molecular weight is 279 g/mol. The number of hydrogen-bond acceptors (Lipinski definition) is 5. The molecule has 0 heterocycles. The Balaban J connectivity index is 0. The molecule has 0 fully saturated rings. The van der Waals surface area contributed by atoms with Crippen molar-refractivity contribution in [2.24, 2.45) is 0 Å². The molecule has 0 aliphatic rings. The van der Waals surface area contributed by atoms with E-state index in [0.29, 0.717) is 19.8 Å². The molecular formula is C10H25NO4Si2. The van der Waals surface area contributed by atoms with E-state index in [-0.39, 0.29) is 0 Å². The maximum Gasteiger partial charge on any atom is 0.500 e. The van der Waals surface area contributed by atoms with Crippen LogP contribution in [0.2, 0.25) is 12.1 Å². The van der Waals surface area contributed by atoms with Crippen LogP contribution >= 0.6 is 0 Å². The summed E-state index contributed by atoms with van der Waals surface area (Å²) in [5.41, 5.74) is 0. The molecule has 17 heavy (non-hydrogen) atoms. The molecule has 0 saturated carbocycles. The zero-order valence-corrected chi connectivity index (χ0v) is 14.4. The fourth-order valence-electron chi connectivity index (χ4n) is 1.39. The number of isocyanates is 1. The maximum atomic E-state index is 8.35. The van der Waals surface area contributed by atoms with Crippen LogP contribution in [0.5, 0.6) is 0 Å². The van der Waals surface area contributed by atoms with E-state index in [2.05, 4.69) is 0 Å². The second-order valence-electron chi connectivity index (χ2n) is 3.19. The van der Waals surface area contributed by atoms with Gasteiger partial charge >= 0.3 is 8.80 Å². The third kappa shape index (κ3) is 10.6. The van der Waals surface area contributed by atoms with Crippen LogP contribution in [0.3, 0.4) is 0 Å². The highest BCUT2D eigenvalue weighted by atomic mass is 28.4. The van der Waals surface area contributed by atoms with E-state index >= 15 is 0 Å². The van der Waals surface area contributed by atoms with Crippen LogP contribution in [0, 0.1) is 5.41 Å². The summed E-state index contributed by atoms with van der Waals surface area (Å²) in [6.45, 7) is 8.07. The van der Waals surface area contributed by atoms with Gasteiger partial charge in [0, 0.05) is 36.1 Å². The zero-order valence-electron chi connectivity index (χ0n) is 11.4. The highest BCUT2D eigenvalue weighted by molar-refractivity contribution is 6.60. The Morgan fingerprint density at radius 2 is 1.47 bits per heavy atom. The molecule has 0 saturated heterocycles. The first kappa shape index (κ1) is 19.0. The lowest BCUT2D eigenvalue weighted by Crippen LogP contribution is -2.45. The third-order valence-corrected chi connectivity index (χ3v) is 5.79. The van der Waals surface area contributed by atoms with E-state index in [9.17, 15) is 0 Å². The van der Waals surface area contributed by atoms with Gasteiger partial charge in [0.2, 0.25) is 6.08 Å². The standard InChI is InChI=1S/C9H24O3Si2.CHNO/c1-4-10-14(11-5-2,12-6-3)9-7-8-13;2-1-3/h4-9H2,1-3,13H3;2H. The Kier molecular flexibility index (Phi) is 15.4. The minimum Gasteiger partial charge on any atom is -0.374 e. The summed E-state index contributed by atoms with van der Waals surface area (Å²) in [6.07, 6.45) is 1.93. The first-order chi connectivity index (χ1) is 8.16. The molecule has 5 nitrogen and oxygen atoms in total. The lowest BCUT2D eigenvalue weighted by Gasteiger charge is -2.28. The van der Waals surface area contributed by atoms with E-state index in [4.69, 9.17) is 23.5 Å². The molecule has 7 heteroatoms. The van der Waals surface area contributed by atoms with Gasteiger partial charge in [-0.05, 0) is 20.8 Å². The van der Waals surface area contributed by atoms with Crippen LogP contribution in [0.15, 0.2) is 0 Å². The number of hydrogen-bond donors (Lipinski definition) is 1. The maximum absolute atomic E-state index is 8.35. The van der Waals surface area contributed by atoms with Crippen LogP contribution in [0.1, 0.15) is 27.2 Å². The van der Waals surface area contributed by atoms with Gasteiger partial charge in [-0.15, -0.1) is 0 Å². The SMILES string of the molecule is CCO[Si](CCC[SiH3])(OCC)OCC.N=C=O. The van der Waals surface area contributed by atoms with Gasteiger partial charge < -0.3 is 13.3 Å². The Bertz CT molecular complexity index is 182. The third-order valence-electron chi connectivity index (χ3n) is 1.93. The van der Waals surface area contributed by atoms with Crippen molar-refractivity contribution in [3.8, 4) is 0 Å². The van der Waals surface area contributed by atoms with E-state index in [1.165, 1.54) is 22.7 Å². The van der Waals surface area contributed by atoms with E-state index in [1.54, 1.807) is 0 Å². The second-order valence-corrected chi connectivity index (χ2v) is 6.92. The van der Waals surface area contributed by atoms with Crippen LogP contribution in [0.25, 0.3) is 0 Å². The molecule has 1 N–H and O–H groups in total. The summed E-state index contributed by atoms with van der Waals surface area (Å²) in [4.78, 5) is 8.35. The molecule has 0 spiro atoms. The zero-order chi connectivity index (χ0) is 13.6. The number of rotatable bonds is 9. The topological polar surface area (TPSA) is 68.6 Å². The quantitative estimate of drug-likeness (QED) is 0.390. The van der Waals surface area contributed by atoms with Gasteiger partial charge in [-0.2, -0.15) is 0 Å². The monoisotopic (exact) mass is 279 g/mol. The predicted octanol–water partition coefficient (Wildman–Crippen LogP) is 1.11.